The zero-order chi connectivity index (χ0) is 14.6. The summed E-state index contributed by atoms with van der Waals surface area (Å²) < 4.78 is 4.98. The van der Waals surface area contributed by atoms with E-state index in [0.29, 0.717) is 19.1 Å². The number of nitrogens with two attached hydrogens (primary N) is 1. The molecule has 5 heteroatoms. The molecule has 4 N–H and O–H groups in total. The summed E-state index contributed by atoms with van der Waals surface area (Å²) in [6.45, 7) is 3.58. The van der Waals surface area contributed by atoms with Crippen molar-refractivity contribution in [1.29, 1.82) is 0 Å². The van der Waals surface area contributed by atoms with Gasteiger partial charge in [0.05, 0.1) is 0 Å². The van der Waals surface area contributed by atoms with Crippen molar-refractivity contribution in [2.75, 3.05) is 25.6 Å². The van der Waals surface area contributed by atoms with E-state index in [1.807, 2.05) is 12.1 Å². The zero-order valence-electron chi connectivity index (χ0n) is 12.5. The first-order valence-corrected chi connectivity index (χ1v) is 7.16. The minimum absolute atomic E-state index is 0.572. The van der Waals surface area contributed by atoms with E-state index in [-0.39, 0.29) is 0 Å². The fourth-order valence-electron chi connectivity index (χ4n) is 1.79. The Morgan fingerprint density at radius 1 is 1.25 bits per heavy atom. The second-order valence-electron chi connectivity index (χ2n) is 4.65. The standard InChI is InChI=1S/C15H26N4O/c1-3-4-6-13-7-9-14(10-8-13)18-15(19-16)17-11-5-12-20-2/h7-10H,3-6,11-12,16H2,1-2H3,(H2,17,18,19). The van der Waals surface area contributed by atoms with Gasteiger partial charge in [0.1, 0.15) is 0 Å². The Kier molecular flexibility index (Phi) is 8.42. The van der Waals surface area contributed by atoms with Gasteiger partial charge < -0.3 is 10.1 Å². The molecule has 0 spiro atoms. The predicted molar refractivity (Wildman–Crippen MR) is 84.8 cm³/mol. The largest absolute Gasteiger partial charge is 0.385 e. The van der Waals surface area contributed by atoms with Gasteiger partial charge in [0.2, 0.25) is 5.96 Å². The second kappa shape index (κ2) is 10.2. The molecule has 1 rings (SSSR count). The molecule has 112 valence electrons. The lowest BCUT2D eigenvalue weighted by Gasteiger charge is -2.10. The fraction of sp³-hybridized carbons (Fsp3) is 0.533. The van der Waals surface area contributed by atoms with Crippen LogP contribution in [0.3, 0.4) is 0 Å². The van der Waals surface area contributed by atoms with Gasteiger partial charge in [0, 0.05) is 25.9 Å². The average molecular weight is 278 g/mol. The van der Waals surface area contributed by atoms with Crippen molar-refractivity contribution in [2.45, 2.75) is 32.6 Å². The Morgan fingerprint density at radius 2 is 2.00 bits per heavy atom. The van der Waals surface area contributed by atoms with Crippen LogP contribution in [0, 0.1) is 0 Å². The Labute approximate surface area is 121 Å². The Bertz CT molecular complexity index is 389. The van der Waals surface area contributed by atoms with Crippen LogP contribution in [0.4, 0.5) is 5.69 Å². The minimum atomic E-state index is 0.572. The third-order valence-corrected chi connectivity index (χ3v) is 2.95. The molecule has 0 radical (unpaired) electrons. The fourth-order valence-corrected chi connectivity index (χ4v) is 1.79. The van der Waals surface area contributed by atoms with Gasteiger partial charge in [-0.15, -0.1) is 0 Å². The van der Waals surface area contributed by atoms with Gasteiger partial charge in [-0.25, -0.2) is 5.84 Å². The summed E-state index contributed by atoms with van der Waals surface area (Å²) in [5.41, 5.74) is 4.91. The Hall–Kier alpha value is -1.59. The maximum Gasteiger partial charge on any atom is 0.210 e. The van der Waals surface area contributed by atoms with Crippen LogP contribution in [0.25, 0.3) is 0 Å². The van der Waals surface area contributed by atoms with E-state index in [1.165, 1.54) is 18.4 Å². The number of aryl methyl sites for hydroxylation is 1. The molecule has 0 atom stereocenters. The van der Waals surface area contributed by atoms with E-state index in [9.17, 15) is 0 Å². The van der Waals surface area contributed by atoms with E-state index in [1.54, 1.807) is 7.11 Å². The number of unbranched alkanes of at least 4 members (excludes halogenated alkanes) is 1. The van der Waals surface area contributed by atoms with Gasteiger partial charge in [0.15, 0.2) is 0 Å². The van der Waals surface area contributed by atoms with Crippen LogP contribution in [-0.2, 0) is 11.2 Å². The molecule has 20 heavy (non-hydrogen) atoms. The summed E-state index contributed by atoms with van der Waals surface area (Å²) in [4.78, 5) is 4.34. The van der Waals surface area contributed by atoms with Crippen molar-refractivity contribution in [1.82, 2.24) is 5.43 Å². The number of methoxy groups -OCH3 is 1. The number of nitrogens with one attached hydrogen (secondary N) is 2. The second-order valence-corrected chi connectivity index (χ2v) is 4.65. The molecule has 0 saturated heterocycles. The van der Waals surface area contributed by atoms with E-state index < -0.39 is 0 Å². The number of aliphatic imine (C=N–C) groups is 1. The van der Waals surface area contributed by atoms with Crippen LogP contribution in [0.2, 0.25) is 0 Å². The van der Waals surface area contributed by atoms with Crippen LogP contribution in [0.15, 0.2) is 29.3 Å². The molecule has 0 fully saturated rings. The highest BCUT2D eigenvalue weighted by Crippen LogP contribution is 2.11. The molecule has 0 saturated carbocycles. The normalized spacial score (nSPS) is 11.4. The van der Waals surface area contributed by atoms with Crippen molar-refractivity contribution in [2.24, 2.45) is 10.8 Å². The van der Waals surface area contributed by atoms with Crippen molar-refractivity contribution in [3.63, 3.8) is 0 Å². The number of benzene rings is 1. The molecule has 0 aromatic heterocycles. The Morgan fingerprint density at radius 3 is 2.60 bits per heavy atom. The van der Waals surface area contributed by atoms with E-state index in [0.717, 1.165) is 18.5 Å². The maximum absolute atomic E-state index is 5.46. The van der Waals surface area contributed by atoms with Gasteiger partial charge >= 0.3 is 0 Å². The van der Waals surface area contributed by atoms with Crippen molar-refractivity contribution < 1.29 is 4.74 Å². The highest BCUT2D eigenvalue weighted by Gasteiger charge is 1.98. The van der Waals surface area contributed by atoms with Crippen LogP contribution >= 0.6 is 0 Å². The number of hydrogen-bond donors (Lipinski definition) is 3. The van der Waals surface area contributed by atoms with Crippen molar-refractivity contribution in [3.05, 3.63) is 29.8 Å². The number of hydrogen-bond acceptors (Lipinski definition) is 3. The Balaban J connectivity index is 2.48. The summed E-state index contributed by atoms with van der Waals surface area (Å²) >= 11 is 0. The molecular weight excluding hydrogens is 252 g/mol. The molecule has 0 unspecified atom stereocenters. The first-order chi connectivity index (χ1) is 9.80. The van der Waals surface area contributed by atoms with Gasteiger partial charge in [-0.2, -0.15) is 0 Å². The van der Waals surface area contributed by atoms with Crippen molar-refractivity contribution >= 4 is 11.6 Å². The zero-order valence-corrected chi connectivity index (χ0v) is 12.5. The number of nitrogens with zero attached hydrogens (tertiary/aromatic N) is 1. The summed E-state index contributed by atoms with van der Waals surface area (Å²) in [6, 6.07) is 8.37. The van der Waals surface area contributed by atoms with E-state index in [2.05, 4.69) is 34.8 Å². The van der Waals surface area contributed by atoms with Crippen LogP contribution in [0.1, 0.15) is 31.7 Å². The topological polar surface area (TPSA) is 71.7 Å². The number of rotatable bonds is 8. The lowest BCUT2D eigenvalue weighted by atomic mass is 10.1. The summed E-state index contributed by atoms with van der Waals surface area (Å²) in [6.07, 6.45) is 4.45. The molecule has 1 aromatic rings. The average Bonchev–Trinajstić information content (AvgIpc) is 2.49. The predicted octanol–water partition coefficient (Wildman–Crippen LogP) is 2.30. The first-order valence-electron chi connectivity index (χ1n) is 7.16. The van der Waals surface area contributed by atoms with Crippen LogP contribution < -0.4 is 16.6 Å². The van der Waals surface area contributed by atoms with Crippen LogP contribution in [0.5, 0.6) is 0 Å². The number of ether oxygens (including phenoxy) is 1. The highest BCUT2D eigenvalue weighted by atomic mass is 16.5. The summed E-state index contributed by atoms with van der Waals surface area (Å²) in [5.74, 6) is 6.03. The van der Waals surface area contributed by atoms with E-state index >= 15 is 0 Å². The highest BCUT2D eigenvalue weighted by molar-refractivity contribution is 5.93. The summed E-state index contributed by atoms with van der Waals surface area (Å²) in [5, 5.41) is 3.16. The maximum atomic E-state index is 5.46. The molecule has 0 heterocycles. The number of hydrazine groups is 1. The van der Waals surface area contributed by atoms with Crippen LogP contribution in [-0.4, -0.2) is 26.2 Å². The van der Waals surface area contributed by atoms with Gasteiger partial charge in [0.25, 0.3) is 0 Å². The van der Waals surface area contributed by atoms with Gasteiger partial charge in [-0.3, -0.25) is 10.4 Å². The monoisotopic (exact) mass is 278 g/mol. The quantitative estimate of drug-likeness (QED) is 0.224. The summed E-state index contributed by atoms with van der Waals surface area (Å²) in [7, 11) is 1.68. The lowest BCUT2D eigenvalue weighted by Crippen LogP contribution is -2.36. The molecule has 0 aliphatic rings. The SMILES string of the molecule is CCCCc1ccc(NC(=NCCCOC)NN)cc1. The number of guanidine groups is 1. The molecule has 1 aromatic carbocycles. The van der Waals surface area contributed by atoms with Gasteiger partial charge in [-0.1, -0.05) is 25.5 Å². The van der Waals surface area contributed by atoms with Gasteiger partial charge in [-0.05, 0) is 37.0 Å². The molecule has 0 aliphatic heterocycles. The number of anilines is 1. The van der Waals surface area contributed by atoms with E-state index in [4.69, 9.17) is 10.6 Å². The lowest BCUT2D eigenvalue weighted by molar-refractivity contribution is 0.197. The molecule has 0 bridgehead atoms. The van der Waals surface area contributed by atoms with Crippen molar-refractivity contribution in [3.8, 4) is 0 Å². The molecule has 0 aliphatic carbocycles. The third-order valence-electron chi connectivity index (χ3n) is 2.95. The molecule has 5 nitrogen and oxygen atoms in total. The minimum Gasteiger partial charge on any atom is -0.385 e. The molecular formula is C15H26N4O. The smallest absolute Gasteiger partial charge is 0.210 e. The molecule has 0 amide bonds. The third kappa shape index (κ3) is 6.54. The first kappa shape index (κ1) is 16.5.